The lowest BCUT2D eigenvalue weighted by Gasteiger charge is -2.24. The zero-order chi connectivity index (χ0) is 16.4. The quantitative estimate of drug-likeness (QED) is 0.887. The number of nitrogens with one attached hydrogen (secondary N) is 1. The standard InChI is InChI=1S/C17H22N2O4/c1-3-19(17(21)14-7-13(8-18-14)11(2)20)9-12-4-5-15-16(6-12)23-10-22-15/h4-6,13-14,18H,3,7-10H2,1-2H3. The summed E-state index contributed by atoms with van der Waals surface area (Å²) in [5.41, 5.74) is 1.01. The number of amides is 1. The van der Waals surface area contributed by atoms with Gasteiger partial charge in [-0.2, -0.15) is 0 Å². The SMILES string of the molecule is CCN(Cc1ccc2c(c1)OCO2)C(=O)C1CC(C(C)=O)CN1. The Morgan fingerprint density at radius 3 is 2.78 bits per heavy atom. The number of hydrogen-bond donors (Lipinski definition) is 1. The predicted molar refractivity (Wildman–Crippen MR) is 84.2 cm³/mol. The molecule has 1 saturated heterocycles. The molecule has 0 bridgehead atoms. The third-order valence-electron chi connectivity index (χ3n) is 4.51. The first-order valence-corrected chi connectivity index (χ1v) is 7.99. The molecule has 0 saturated carbocycles. The molecular formula is C17H22N2O4. The maximum absolute atomic E-state index is 12.7. The first kappa shape index (κ1) is 15.8. The Morgan fingerprint density at radius 1 is 1.30 bits per heavy atom. The van der Waals surface area contributed by atoms with Crippen LogP contribution >= 0.6 is 0 Å². The van der Waals surface area contributed by atoms with Crippen LogP contribution in [0, 0.1) is 5.92 Å². The molecule has 2 heterocycles. The van der Waals surface area contributed by atoms with Crippen LogP contribution in [0.3, 0.4) is 0 Å². The molecule has 23 heavy (non-hydrogen) atoms. The first-order chi connectivity index (χ1) is 11.1. The van der Waals surface area contributed by atoms with E-state index in [0.29, 0.717) is 26.1 Å². The van der Waals surface area contributed by atoms with Gasteiger partial charge >= 0.3 is 0 Å². The number of Topliss-reactive ketones (excluding diaryl/α,β-unsaturated/α-hetero) is 1. The zero-order valence-corrected chi connectivity index (χ0v) is 13.5. The average molecular weight is 318 g/mol. The largest absolute Gasteiger partial charge is 0.454 e. The van der Waals surface area contributed by atoms with E-state index in [1.54, 1.807) is 11.8 Å². The summed E-state index contributed by atoms with van der Waals surface area (Å²) in [4.78, 5) is 25.9. The molecule has 0 aromatic heterocycles. The fourth-order valence-electron chi connectivity index (χ4n) is 3.06. The molecule has 1 fully saturated rings. The second-order valence-electron chi connectivity index (χ2n) is 6.04. The number of ether oxygens (including phenoxy) is 2. The third kappa shape index (κ3) is 3.32. The number of fused-ring (bicyclic) bond motifs is 1. The van der Waals surface area contributed by atoms with Crippen molar-refractivity contribution in [3.63, 3.8) is 0 Å². The van der Waals surface area contributed by atoms with Crippen molar-refractivity contribution in [2.45, 2.75) is 32.9 Å². The maximum Gasteiger partial charge on any atom is 0.240 e. The molecule has 1 amide bonds. The Kier molecular flexibility index (Phi) is 4.52. The van der Waals surface area contributed by atoms with Crippen molar-refractivity contribution < 1.29 is 19.1 Å². The van der Waals surface area contributed by atoms with Gasteiger partial charge in [0.15, 0.2) is 11.5 Å². The molecular weight excluding hydrogens is 296 g/mol. The molecule has 1 aromatic rings. The van der Waals surface area contributed by atoms with Crippen LogP contribution in [0.25, 0.3) is 0 Å². The molecule has 0 aliphatic carbocycles. The maximum atomic E-state index is 12.7. The first-order valence-electron chi connectivity index (χ1n) is 7.99. The molecule has 2 aliphatic rings. The van der Waals surface area contributed by atoms with Gasteiger partial charge in [0.25, 0.3) is 0 Å². The molecule has 6 heteroatoms. The van der Waals surface area contributed by atoms with E-state index < -0.39 is 0 Å². The number of carbonyl (C=O) groups is 2. The summed E-state index contributed by atoms with van der Waals surface area (Å²) in [5.74, 6) is 1.61. The minimum Gasteiger partial charge on any atom is -0.454 e. The molecule has 124 valence electrons. The fraction of sp³-hybridized carbons (Fsp3) is 0.529. The lowest BCUT2D eigenvalue weighted by atomic mass is 10.0. The summed E-state index contributed by atoms with van der Waals surface area (Å²) in [6.45, 7) is 5.53. The normalized spacial score (nSPS) is 22.2. The Balaban J connectivity index is 1.65. The fourth-order valence-corrected chi connectivity index (χ4v) is 3.06. The van der Waals surface area contributed by atoms with Gasteiger partial charge in [0.1, 0.15) is 5.78 Å². The summed E-state index contributed by atoms with van der Waals surface area (Å²) in [6, 6.07) is 5.47. The zero-order valence-electron chi connectivity index (χ0n) is 13.5. The Hall–Kier alpha value is -2.08. The molecule has 0 spiro atoms. The van der Waals surface area contributed by atoms with E-state index in [2.05, 4.69) is 5.32 Å². The van der Waals surface area contributed by atoms with Crippen LogP contribution in [-0.2, 0) is 16.1 Å². The lowest BCUT2D eigenvalue weighted by Crippen LogP contribution is -2.43. The van der Waals surface area contributed by atoms with Gasteiger partial charge in [0, 0.05) is 25.6 Å². The smallest absolute Gasteiger partial charge is 0.240 e. The Bertz CT molecular complexity index is 617. The predicted octanol–water partition coefficient (Wildman–Crippen LogP) is 1.33. The second-order valence-corrected chi connectivity index (χ2v) is 6.04. The van der Waals surface area contributed by atoms with E-state index in [1.807, 2.05) is 25.1 Å². The van der Waals surface area contributed by atoms with Crippen LogP contribution < -0.4 is 14.8 Å². The van der Waals surface area contributed by atoms with Crippen LogP contribution in [0.5, 0.6) is 11.5 Å². The highest BCUT2D eigenvalue weighted by molar-refractivity contribution is 5.85. The van der Waals surface area contributed by atoms with Gasteiger partial charge in [0.05, 0.1) is 6.04 Å². The number of ketones is 1. The van der Waals surface area contributed by atoms with E-state index in [-0.39, 0.29) is 30.4 Å². The number of benzene rings is 1. The van der Waals surface area contributed by atoms with Crippen LogP contribution in [0.1, 0.15) is 25.8 Å². The molecule has 2 unspecified atom stereocenters. The van der Waals surface area contributed by atoms with E-state index in [1.165, 1.54) is 0 Å². The summed E-state index contributed by atoms with van der Waals surface area (Å²) < 4.78 is 10.7. The average Bonchev–Trinajstić information content (AvgIpc) is 3.20. The van der Waals surface area contributed by atoms with Crippen LogP contribution in [0.2, 0.25) is 0 Å². The topological polar surface area (TPSA) is 67.9 Å². The van der Waals surface area contributed by atoms with Gasteiger partial charge in [-0.25, -0.2) is 0 Å². The summed E-state index contributed by atoms with van der Waals surface area (Å²) in [6.07, 6.45) is 0.589. The van der Waals surface area contributed by atoms with Crippen molar-refractivity contribution >= 4 is 11.7 Å². The van der Waals surface area contributed by atoms with Crippen molar-refractivity contribution in [1.82, 2.24) is 10.2 Å². The highest BCUT2D eigenvalue weighted by Gasteiger charge is 2.33. The van der Waals surface area contributed by atoms with Crippen molar-refractivity contribution in [3.05, 3.63) is 23.8 Å². The molecule has 3 rings (SSSR count). The minimum atomic E-state index is -0.266. The molecule has 2 atom stereocenters. The van der Waals surface area contributed by atoms with Crippen LogP contribution in [0.15, 0.2) is 18.2 Å². The molecule has 1 aromatic carbocycles. The van der Waals surface area contributed by atoms with E-state index in [0.717, 1.165) is 17.1 Å². The minimum absolute atomic E-state index is 0.0480. The van der Waals surface area contributed by atoms with Crippen molar-refractivity contribution in [2.75, 3.05) is 19.9 Å². The Morgan fingerprint density at radius 2 is 2.09 bits per heavy atom. The van der Waals surface area contributed by atoms with Gasteiger partial charge in [-0.05, 0) is 38.0 Å². The molecule has 1 N–H and O–H groups in total. The van der Waals surface area contributed by atoms with Gasteiger partial charge in [-0.3, -0.25) is 9.59 Å². The van der Waals surface area contributed by atoms with E-state index in [9.17, 15) is 9.59 Å². The van der Waals surface area contributed by atoms with E-state index in [4.69, 9.17) is 9.47 Å². The van der Waals surface area contributed by atoms with Crippen molar-refractivity contribution in [2.24, 2.45) is 5.92 Å². The summed E-state index contributed by atoms with van der Waals surface area (Å²) in [5, 5.41) is 3.17. The summed E-state index contributed by atoms with van der Waals surface area (Å²) >= 11 is 0. The number of hydrogen-bond acceptors (Lipinski definition) is 5. The van der Waals surface area contributed by atoms with Gasteiger partial charge in [0.2, 0.25) is 12.7 Å². The number of likely N-dealkylation sites (N-methyl/N-ethyl adjacent to an activating group) is 1. The van der Waals surface area contributed by atoms with Gasteiger partial charge < -0.3 is 19.7 Å². The van der Waals surface area contributed by atoms with Crippen molar-refractivity contribution in [1.29, 1.82) is 0 Å². The van der Waals surface area contributed by atoms with Gasteiger partial charge in [-0.1, -0.05) is 6.07 Å². The van der Waals surface area contributed by atoms with Crippen molar-refractivity contribution in [3.8, 4) is 11.5 Å². The highest BCUT2D eigenvalue weighted by atomic mass is 16.7. The number of carbonyl (C=O) groups excluding carboxylic acids is 2. The molecule has 6 nitrogen and oxygen atoms in total. The highest BCUT2D eigenvalue weighted by Crippen LogP contribution is 2.32. The lowest BCUT2D eigenvalue weighted by molar-refractivity contribution is -0.133. The van der Waals surface area contributed by atoms with Gasteiger partial charge in [-0.15, -0.1) is 0 Å². The monoisotopic (exact) mass is 318 g/mol. The summed E-state index contributed by atoms with van der Waals surface area (Å²) in [7, 11) is 0. The molecule has 2 aliphatic heterocycles. The van der Waals surface area contributed by atoms with Crippen LogP contribution in [0.4, 0.5) is 0 Å². The second kappa shape index (κ2) is 6.58. The number of nitrogens with zero attached hydrogens (tertiary/aromatic N) is 1. The van der Waals surface area contributed by atoms with Crippen LogP contribution in [-0.4, -0.2) is 42.5 Å². The molecule has 0 radical (unpaired) electrons. The van der Waals surface area contributed by atoms with E-state index >= 15 is 0 Å². The Labute approximate surface area is 135 Å². The third-order valence-corrected chi connectivity index (χ3v) is 4.51. The number of rotatable bonds is 5.